The fourth-order valence-corrected chi connectivity index (χ4v) is 1.16. The Balaban J connectivity index is 2.88. The zero-order chi connectivity index (χ0) is 14.0. The molecule has 1 rings (SSSR count). The van der Waals surface area contributed by atoms with Gasteiger partial charge >= 0.3 is 11.2 Å². The van der Waals surface area contributed by atoms with Gasteiger partial charge in [0.2, 0.25) is 0 Å². The van der Waals surface area contributed by atoms with Crippen LogP contribution < -0.4 is 9.47 Å². The quantitative estimate of drug-likeness (QED) is 0.459. The Morgan fingerprint density at radius 2 is 1.67 bits per heavy atom. The van der Waals surface area contributed by atoms with Crippen LogP contribution in [0.5, 0.6) is 11.5 Å². The molecule has 0 aliphatic carbocycles. The van der Waals surface area contributed by atoms with E-state index in [4.69, 9.17) is 4.74 Å². The van der Waals surface area contributed by atoms with Crippen molar-refractivity contribution < 1.29 is 36.0 Å². The Kier molecular flexibility index (Phi) is 3.87. The number of carbonyl (C=O) groups excluding carboxylic acids is 1. The number of hydrogen-bond donors (Lipinski definition) is 0. The van der Waals surface area contributed by atoms with Gasteiger partial charge in [-0.3, -0.25) is 0 Å². The van der Waals surface area contributed by atoms with Crippen LogP contribution in [0.3, 0.4) is 0 Å². The average Bonchev–Trinajstić information content (AvgIpc) is 2.28. The molecule has 0 unspecified atom stereocenters. The number of alkyl halides is 2. The average molecular weight is 281 g/mol. The van der Waals surface area contributed by atoms with E-state index in [0.717, 1.165) is 12.1 Å². The van der Waals surface area contributed by atoms with Gasteiger partial charge in [0, 0.05) is 0 Å². The summed E-state index contributed by atoms with van der Waals surface area (Å²) in [5.41, 5.74) is 0. The van der Waals surface area contributed by atoms with Crippen LogP contribution in [0.4, 0.5) is 8.78 Å². The lowest BCUT2D eigenvalue weighted by atomic mass is 10.3. The highest BCUT2D eigenvalue weighted by atomic mass is 32.2. The topological polar surface area (TPSA) is 92.7 Å². The largest absolute Gasteiger partial charge is 0.743 e. The number of ether oxygens (including phenoxy) is 2. The molecule has 1 aromatic carbocycles. The Labute approximate surface area is 101 Å². The Hall–Kier alpha value is -1.74. The van der Waals surface area contributed by atoms with Crippen LogP contribution in [0.2, 0.25) is 0 Å². The lowest BCUT2D eigenvalue weighted by Gasteiger charge is -2.17. The summed E-state index contributed by atoms with van der Waals surface area (Å²) in [5.74, 6) is -2.43. The second-order valence-corrected chi connectivity index (χ2v) is 4.46. The van der Waals surface area contributed by atoms with E-state index in [1.54, 1.807) is 0 Å². The lowest BCUT2D eigenvalue weighted by molar-refractivity contribution is -0.151. The second kappa shape index (κ2) is 4.86. The molecule has 18 heavy (non-hydrogen) atoms. The van der Waals surface area contributed by atoms with Gasteiger partial charge in [-0.2, -0.15) is 8.78 Å². The molecule has 0 aromatic heterocycles. The van der Waals surface area contributed by atoms with Gasteiger partial charge in [0.25, 0.3) is 0 Å². The molecule has 0 radical (unpaired) electrons. The fourth-order valence-electron chi connectivity index (χ4n) is 0.912. The monoisotopic (exact) mass is 281 g/mol. The molecule has 0 amide bonds. The molecule has 6 nitrogen and oxygen atoms in total. The fraction of sp³-hybridized carbons (Fsp3) is 0.222. The molecule has 0 spiro atoms. The van der Waals surface area contributed by atoms with Crippen molar-refractivity contribution in [3.8, 4) is 11.5 Å². The predicted octanol–water partition coefficient (Wildman–Crippen LogP) is 0.739. The normalized spacial score (nSPS) is 12.0. The summed E-state index contributed by atoms with van der Waals surface area (Å²) in [6, 6.07) is 4.80. The number of methoxy groups -OCH3 is 1. The maximum Gasteiger partial charge on any atom is 0.429 e. The number of esters is 1. The SMILES string of the molecule is COc1ccc(OC(=O)C(F)(F)S(=O)(=O)[O-])cc1. The van der Waals surface area contributed by atoms with Crippen LogP contribution in [0.1, 0.15) is 0 Å². The van der Waals surface area contributed by atoms with Crippen LogP contribution in [0, 0.1) is 0 Å². The zero-order valence-corrected chi connectivity index (χ0v) is 9.74. The summed E-state index contributed by atoms with van der Waals surface area (Å²) in [6.45, 7) is 0. The Morgan fingerprint density at radius 1 is 1.22 bits per heavy atom. The van der Waals surface area contributed by atoms with Crippen LogP contribution in [-0.4, -0.2) is 31.3 Å². The van der Waals surface area contributed by atoms with Crippen molar-refractivity contribution in [2.75, 3.05) is 7.11 Å². The van der Waals surface area contributed by atoms with Crippen molar-refractivity contribution in [2.24, 2.45) is 0 Å². The molecular formula is C9H7F2O6S-. The number of carbonyl (C=O) groups is 1. The highest BCUT2D eigenvalue weighted by Gasteiger charge is 2.48. The highest BCUT2D eigenvalue weighted by molar-refractivity contribution is 7.87. The number of halogens is 2. The highest BCUT2D eigenvalue weighted by Crippen LogP contribution is 2.24. The smallest absolute Gasteiger partial charge is 0.429 e. The summed E-state index contributed by atoms with van der Waals surface area (Å²) in [7, 11) is -4.76. The summed E-state index contributed by atoms with van der Waals surface area (Å²) < 4.78 is 64.8. The van der Waals surface area contributed by atoms with E-state index in [1.807, 2.05) is 0 Å². The van der Waals surface area contributed by atoms with E-state index in [2.05, 4.69) is 4.74 Å². The number of benzene rings is 1. The summed E-state index contributed by atoms with van der Waals surface area (Å²) in [5, 5.41) is -5.13. The third-order valence-corrected chi connectivity index (χ3v) is 2.62. The molecule has 0 fully saturated rings. The van der Waals surface area contributed by atoms with Crippen LogP contribution in [-0.2, 0) is 14.9 Å². The lowest BCUT2D eigenvalue weighted by Crippen LogP contribution is -2.40. The van der Waals surface area contributed by atoms with Gasteiger partial charge in [-0.25, -0.2) is 13.2 Å². The van der Waals surface area contributed by atoms with Crippen molar-refractivity contribution in [3.63, 3.8) is 0 Å². The van der Waals surface area contributed by atoms with Crippen molar-refractivity contribution in [3.05, 3.63) is 24.3 Å². The summed E-state index contributed by atoms with van der Waals surface area (Å²) in [4.78, 5) is 10.9. The van der Waals surface area contributed by atoms with Crippen LogP contribution in [0.25, 0.3) is 0 Å². The minimum atomic E-state index is -6.12. The predicted molar refractivity (Wildman–Crippen MR) is 53.3 cm³/mol. The molecule has 0 aliphatic rings. The molecule has 0 N–H and O–H groups in total. The summed E-state index contributed by atoms with van der Waals surface area (Å²) in [6.07, 6.45) is 0. The van der Waals surface area contributed by atoms with Crippen LogP contribution >= 0.6 is 0 Å². The van der Waals surface area contributed by atoms with Gasteiger partial charge in [0.05, 0.1) is 7.11 Å². The van der Waals surface area contributed by atoms with Crippen molar-refractivity contribution in [2.45, 2.75) is 5.25 Å². The van der Waals surface area contributed by atoms with E-state index in [0.29, 0.717) is 5.75 Å². The van der Waals surface area contributed by atoms with E-state index in [9.17, 15) is 26.5 Å². The van der Waals surface area contributed by atoms with E-state index in [1.165, 1.54) is 19.2 Å². The van der Waals surface area contributed by atoms with Crippen LogP contribution in [0.15, 0.2) is 24.3 Å². The van der Waals surface area contributed by atoms with Gasteiger partial charge < -0.3 is 14.0 Å². The van der Waals surface area contributed by atoms with Gasteiger partial charge in [-0.1, -0.05) is 0 Å². The standard InChI is InChI=1S/C9H8F2O6S/c1-16-6-2-4-7(5-3-6)17-8(12)9(10,11)18(13,14)15/h2-5H,1H3,(H,13,14,15)/p-1. The number of hydrogen-bond acceptors (Lipinski definition) is 6. The third kappa shape index (κ3) is 2.93. The Morgan fingerprint density at radius 3 is 2.06 bits per heavy atom. The van der Waals surface area contributed by atoms with Crippen molar-refractivity contribution in [1.29, 1.82) is 0 Å². The first kappa shape index (κ1) is 14.3. The molecule has 0 saturated carbocycles. The first-order valence-electron chi connectivity index (χ1n) is 4.38. The van der Waals surface area contributed by atoms with Gasteiger partial charge in [-0.15, -0.1) is 0 Å². The molecule has 0 aliphatic heterocycles. The molecule has 1 aromatic rings. The molecule has 0 atom stereocenters. The first-order valence-corrected chi connectivity index (χ1v) is 5.79. The third-order valence-electron chi connectivity index (χ3n) is 1.82. The van der Waals surface area contributed by atoms with E-state index < -0.39 is 21.3 Å². The molecular weight excluding hydrogens is 274 g/mol. The Bertz CT molecular complexity index is 537. The van der Waals surface area contributed by atoms with Gasteiger partial charge in [-0.05, 0) is 24.3 Å². The maximum atomic E-state index is 12.8. The maximum absolute atomic E-state index is 12.8. The minimum absolute atomic E-state index is 0.343. The number of rotatable bonds is 4. The van der Waals surface area contributed by atoms with E-state index in [-0.39, 0.29) is 5.75 Å². The molecule has 100 valence electrons. The zero-order valence-electron chi connectivity index (χ0n) is 8.92. The molecule has 0 heterocycles. The molecule has 9 heteroatoms. The van der Waals surface area contributed by atoms with E-state index >= 15 is 0 Å². The molecule has 0 saturated heterocycles. The van der Waals surface area contributed by atoms with Gasteiger partial charge in [0.1, 0.15) is 11.5 Å². The van der Waals surface area contributed by atoms with Gasteiger partial charge in [0.15, 0.2) is 10.1 Å². The minimum Gasteiger partial charge on any atom is -0.743 e. The van der Waals surface area contributed by atoms with Crippen molar-refractivity contribution in [1.82, 2.24) is 0 Å². The molecule has 0 bridgehead atoms. The second-order valence-electron chi connectivity index (χ2n) is 3.04. The van der Waals surface area contributed by atoms with Crippen molar-refractivity contribution >= 4 is 16.1 Å². The first-order chi connectivity index (χ1) is 8.18. The summed E-state index contributed by atoms with van der Waals surface area (Å²) >= 11 is 0.